The van der Waals surface area contributed by atoms with E-state index in [4.69, 9.17) is 4.98 Å². The Morgan fingerprint density at radius 3 is 1.80 bits per heavy atom. The van der Waals surface area contributed by atoms with E-state index < -0.39 is 0 Å². The van der Waals surface area contributed by atoms with Gasteiger partial charge in [0.05, 0.1) is 34.0 Å². The molecule has 0 spiro atoms. The van der Waals surface area contributed by atoms with Gasteiger partial charge < -0.3 is 19.4 Å². The molecule has 0 saturated heterocycles. The van der Waals surface area contributed by atoms with E-state index in [2.05, 4.69) is 339 Å². The topological polar surface area (TPSA) is 38.0 Å². The predicted octanol–water partition coefficient (Wildman–Crippen LogP) is 22.0. The zero-order valence-electron chi connectivity index (χ0n) is 48.9. The number of fused-ring (bicyclic) bond motifs is 8. The molecule has 17 rings (SSSR count). The second-order valence-electron chi connectivity index (χ2n) is 23.8. The van der Waals surface area contributed by atoms with Crippen molar-refractivity contribution in [2.24, 2.45) is 5.92 Å². The number of anilines is 3. The van der Waals surface area contributed by atoms with E-state index in [1.807, 2.05) is 0 Å². The Kier molecular flexibility index (Phi) is 13.2. The molecule has 5 nitrogen and oxygen atoms in total. The van der Waals surface area contributed by atoms with E-state index in [-0.39, 0.29) is 12.0 Å². The van der Waals surface area contributed by atoms with Crippen LogP contribution in [0.1, 0.15) is 30.5 Å². The maximum absolute atomic E-state index is 5.84. The molecule has 4 aliphatic rings. The summed E-state index contributed by atoms with van der Waals surface area (Å²) in [5, 5.41) is 7.73. The minimum Gasteiger partial charge on any atom is -0.355 e. The number of rotatable bonds is 11. The van der Waals surface area contributed by atoms with Gasteiger partial charge in [-0.15, -0.1) is 0 Å². The molecule has 13 aromatic rings. The molecule has 0 amide bonds. The summed E-state index contributed by atoms with van der Waals surface area (Å²) < 4.78 is 6.14. The van der Waals surface area contributed by atoms with Crippen LogP contribution in [0.5, 0.6) is 0 Å². The van der Waals surface area contributed by atoms with Crippen molar-refractivity contribution in [2.45, 2.75) is 31.7 Å². The Hall–Kier alpha value is -10.3. The van der Waals surface area contributed by atoms with E-state index in [1.165, 1.54) is 70.2 Å². The monoisotopic (exact) mass is 1250 g/mol. The highest BCUT2D eigenvalue weighted by Gasteiger charge is 2.39. The number of aromatic nitrogens is 3. The summed E-state index contributed by atoms with van der Waals surface area (Å²) in [7, 11) is 0. The molecular weight excluding hydrogens is 1190 g/mol. The van der Waals surface area contributed by atoms with Crippen LogP contribution in [-0.4, -0.2) is 20.2 Å². The van der Waals surface area contributed by atoms with Crippen LogP contribution in [0.2, 0.25) is 0 Å². The highest BCUT2D eigenvalue weighted by atomic mass is 127. The van der Waals surface area contributed by atoms with Crippen molar-refractivity contribution in [1.82, 2.24) is 14.1 Å². The zero-order valence-corrected chi connectivity index (χ0v) is 51.1. The van der Waals surface area contributed by atoms with Gasteiger partial charge in [-0.2, -0.15) is 0 Å². The molecule has 89 heavy (non-hydrogen) atoms. The molecule has 0 fully saturated rings. The summed E-state index contributed by atoms with van der Waals surface area (Å²) >= 11 is 2.46. The van der Waals surface area contributed by atoms with Crippen molar-refractivity contribution >= 4 is 78.4 Å². The Morgan fingerprint density at radius 1 is 0.416 bits per heavy atom. The summed E-state index contributed by atoms with van der Waals surface area (Å²) in [6.45, 7) is 0. The first-order valence-corrected chi connectivity index (χ1v) is 32.1. The van der Waals surface area contributed by atoms with Gasteiger partial charge in [-0.25, -0.2) is 4.98 Å². The molecule has 3 aromatic heterocycles. The molecule has 10 aromatic carbocycles. The summed E-state index contributed by atoms with van der Waals surface area (Å²) in [6, 6.07) is 91.6. The molecule has 0 saturated carbocycles. The second kappa shape index (κ2) is 22.1. The second-order valence-corrected chi connectivity index (χ2v) is 25.0. The number of allylic oxidation sites excluding steroid dienone is 6. The van der Waals surface area contributed by atoms with Gasteiger partial charge in [0, 0.05) is 82.2 Å². The molecule has 1 aliphatic heterocycles. The van der Waals surface area contributed by atoms with Gasteiger partial charge in [-0.1, -0.05) is 206 Å². The van der Waals surface area contributed by atoms with Crippen LogP contribution in [0.3, 0.4) is 0 Å². The molecule has 6 heteroatoms. The Morgan fingerprint density at radius 2 is 1.00 bits per heavy atom. The summed E-state index contributed by atoms with van der Waals surface area (Å²) in [5.74, 6) is 0.282. The summed E-state index contributed by atoms with van der Waals surface area (Å²) in [5.41, 5.74) is 27.5. The van der Waals surface area contributed by atoms with Crippen molar-refractivity contribution in [3.05, 3.63) is 317 Å². The highest BCUT2D eigenvalue weighted by molar-refractivity contribution is 14.1. The van der Waals surface area contributed by atoms with E-state index in [1.54, 1.807) is 0 Å². The molecule has 0 bridgehead atoms. The van der Waals surface area contributed by atoms with Crippen LogP contribution < -0.4 is 10.2 Å². The number of halogens is 1. The van der Waals surface area contributed by atoms with Gasteiger partial charge in [-0.05, 0) is 189 Å². The largest absolute Gasteiger partial charge is 0.355 e. The number of nitrogens with one attached hydrogen (secondary N) is 1. The first-order valence-electron chi connectivity index (χ1n) is 31.0. The molecule has 424 valence electrons. The first kappa shape index (κ1) is 53.0. The molecule has 2 unspecified atom stereocenters. The Bertz CT molecular complexity index is 5090. The number of benzene rings is 10. The maximum atomic E-state index is 5.84. The third kappa shape index (κ3) is 9.40. The number of aryl methyl sites for hydroxylation is 1. The van der Waals surface area contributed by atoms with Crippen molar-refractivity contribution in [3.63, 3.8) is 0 Å². The lowest BCUT2D eigenvalue weighted by molar-refractivity contribution is 0.681. The van der Waals surface area contributed by atoms with Crippen LogP contribution in [0.25, 0.3) is 117 Å². The first-order chi connectivity index (χ1) is 44.0. The van der Waals surface area contributed by atoms with Gasteiger partial charge in [0.25, 0.3) is 0 Å². The van der Waals surface area contributed by atoms with Gasteiger partial charge in [0.2, 0.25) is 0 Å². The minimum absolute atomic E-state index is 0.165. The van der Waals surface area contributed by atoms with E-state index in [0.29, 0.717) is 0 Å². The minimum atomic E-state index is 0.165. The maximum Gasteiger partial charge on any atom is 0.0717 e. The van der Waals surface area contributed by atoms with Crippen LogP contribution in [0.4, 0.5) is 17.1 Å². The van der Waals surface area contributed by atoms with Crippen LogP contribution in [0, 0.1) is 9.49 Å². The molecule has 2 atom stereocenters. The average Bonchev–Trinajstić information content (AvgIpc) is 1.76. The quantitative estimate of drug-likeness (QED) is 0.131. The lowest BCUT2D eigenvalue weighted by Crippen LogP contribution is -2.33. The van der Waals surface area contributed by atoms with Gasteiger partial charge in [0.15, 0.2) is 0 Å². The molecule has 4 heterocycles. The normalized spacial score (nSPS) is 15.7. The number of hydrogen-bond acceptors (Lipinski definition) is 3. The molecular formula is C83H60IN5. The fourth-order valence-electron chi connectivity index (χ4n) is 14.5. The number of hydrogen-bond donors (Lipinski definition) is 1. The van der Waals surface area contributed by atoms with Gasteiger partial charge in [-0.3, -0.25) is 0 Å². The van der Waals surface area contributed by atoms with Crippen molar-refractivity contribution in [1.29, 1.82) is 0 Å². The fourth-order valence-corrected chi connectivity index (χ4v) is 15.2. The molecule has 0 radical (unpaired) electrons. The van der Waals surface area contributed by atoms with Crippen LogP contribution in [0.15, 0.2) is 303 Å². The van der Waals surface area contributed by atoms with Crippen molar-refractivity contribution in [2.75, 3.05) is 10.2 Å². The standard InChI is InChI=1S/C83H60IN5/c84-74-33-12-4-25-66(74)67-26-5-13-34-75(67)85-62-46-59(47-63(52-62)87-78-35-14-6-27-68(78)69-28-7-15-36-79(69)87)57-23-20-24-58(45-57)76-50-60(56-43-41-55(42-44-56)54-21-2-1-3-22-54)51-77(86-76)61-48-64(88-80-37-16-8-29-70(80)71-30-9-17-38-81(71)88)53-65(49-61)89-82-39-18-10-31-72(82)73-32-11-19-40-83(73)89/h1-10,12-16,18-31,33-37,39-53,70,80,85H,11,17,32,38H2. The number of nitrogens with zero attached hydrogens (tertiary/aromatic N) is 4. The van der Waals surface area contributed by atoms with Gasteiger partial charge >= 0.3 is 0 Å². The fraction of sp³-hybridized carbons (Fsp3) is 0.0723. The number of pyridine rings is 1. The predicted molar refractivity (Wildman–Crippen MR) is 381 cm³/mol. The van der Waals surface area contributed by atoms with Gasteiger partial charge in [0.1, 0.15) is 0 Å². The van der Waals surface area contributed by atoms with Crippen molar-refractivity contribution in [3.8, 4) is 78.4 Å². The zero-order chi connectivity index (χ0) is 58.9. The third-order valence-electron chi connectivity index (χ3n) is 18.6. The Labute approximate surface area is 532 Å². The van der Waals surface area contributed by atoms with Crippen LogP contribution >= 0.6 is 22.6 Å². The Balaban J connectivity index is 0.860. The lowest BCUT2D eigenvalue weighted by atomic mass is 9.88. The van der Waals surface area contributed by atoms with E-state index in [9.17, 15) is 0 Å². The lowest BCUT2D eigenvalue weighted by Gasteiger charge is -2.32. The average molecular weight is 1250 g/mol. The third-order valence-corrected chi connectivity index (χ3v) is 19.5. The van der Waals surface area contributed by atoms with Crippen molar-refractivity contribution < 1.29 is 0 Å². The smallest absolute Gasteiger partial charge is 0.0717 e. The van der Waals surface area contributed by atoms with E-state index >= 15 is 0 Å². The van der Waals surface area contributed by atoms with Crippen LogP contribution in [-0.2, 0) is 6.42 Å². The summed E-state index contributed by atoms with van der Waals surface area (Å²) in [4.78, 5) is 8.49. The molecule has 3 aliphatic carbocycles. The number of para-hydroxylation sites is 4. The SMILES string of the molecule is Ic1ccccc1-c1ccccc1Nc1cc(-c2cccc(-c3cc(-c4ccc(-c5ccccc5)cc4)cc(-c4cc(N5C6=C(C=CCC6)C6C=CC=CC65)cc(-n5c6c(c7ccccc75)CCC=C6)c4)n3)c2)cc(-n2c3ccccc3c3ccccc32)c1. The summed E-state index contributed by atoms with van der Waals surface area (Å²) in [6.07, 6.45) is 22.8. The highest BCUT2D eigenvalue weighted by Crippen LogP contribution is 2.48. The molecule has 1 N–H and O–H groups in total. The van der Waals surface area contributed by atoms with E-state index in [0.717, 1.165) is 110 Å².